The molecule has 5 aromatic rings. The Morgan fingerprint density at radius 1 is 0.875 bits per heavy atom. The predicted octanol–water partition coefficient (Wildman–Crippen LogP) is 5.07. The highest BCUT2D eigenvalue weighted by atomic mass is 16.1. The standard InChI is InChI=1S/C26H27N5O/c1-4-17(3)31-21(5-2)29-24-22(26(31)32)23-25(28-20-14-10-9-13-19(20)27-23)30(24)16-15-18-11-7-6-8-12-18/h6-14,17H,4-5,15-16H2,1-3H3/t17-/m1/s1. The van der Waals surface area contributed by atoms with Gasteiger partial charge in [0, 0.05) is 19.0 Å². The van der Waals surface area contributed by atoms with Crippen LogP contribution in [0.25, 0.3) is 33.2 Å². The Hall–Kier alpha value is -3.54. The summed E-state index contributed by atoms with van der Waals surface area (Å²) in [4.78, 5) is 28.6. The van der Waals surface area contributed by atoms with Gasteiger partial charge >= 0.3 is 0 Å². The molecule has 3 heterocycles. The molecule has 2 aromatic carbocycles. The van der Waals surface area contributed by atoms with E-state index in [1.165, 1.54) is 5.56 Å². The molecule has 6 heteroatoms. The van der Waals surface area contributed by atoms with Crippen molar-refractivity contribution in [3.05, 3.63) is 76.3 Å². The highest BCUT2D eigenvalue weighted by molar-refractivity contribution is 6.04. The van der Waals surface area contributed by atoms with Crippen LogP contribution in [0.1, 0.15) is 44.6 Å². The minimum absolute atomic E-state index is 0.0192. The lowest BCUT2D eigenvalue weighted by Gasteiger charge is -2.17. The van der Waals surface area contributed by atoms with E-state index in [0.717, 1.165) is 35.3 Å². The maximum Gasteiger partial charge on any atom is 0.265 e. The monoisotopic (exact) mass is 425 g/mol. The van der Waals surface area contributed by atoms with E-state index < -0.39 is 0 Å². The fourth-order valence-electron chi connectivity index (χ4n) is 4.40. The van der Waals surface area contributed by atoms with Crippen LogP contribution in [0.2, 0.25) is 0 Å². The first-order valence-corrected chi connectivity index (χ1v) is 11.4. The van der Waals surface area contributed by atoms with Crippen molar-refractivity contribution >= 4 is 33.2 Å². The summed E-state index contributed by atoms with van der Waals surface area (Å²) >= 11 is 0. The van der Waals surface area contributed by atoms with E-state index in [0.29, 0.717) is 29.5 Å². The largest absolute Gasteiger partial charge is 0.308 e. The van der Waals surface area contributed by atoms with Crippen molar-refractivity contribution in [1.29, 1.82) is 0 Å². The average molecular weight is 426 g/mol. The molecule has 0 bridgehead atoms. The Morgan fingerprint density at radius 3 is 2.25 bits per heavy atom. The topological polar surface area (TPSA) is 65.6 Å². The van der Waals surface area contributed by atoms with Crippen molar-refractivity contribution in [3.63, 3.8) is 0 Å². The average Bonchev–Trinajstić information content (AvgIpc) is 3.13. The molecule has 0 amide bonds. The van der Waals surface area contributed by atoms with Crippen LogP contribution in [0.3, 0.4) is 0 Å². The van der Waals surface area contributed by atoms with Gasteiger partial charge in [-0.1, -0.05) is 56.3 Å². The van der Waals surface area contributed by atoms with Gasteiger partial charge in [0.05, 0.1) is 11.0 Å². The molecule has 5 rings (SSSR count). The summed E-state index contributed by atoms with van der Waals surface area (Å²) < 4.78 is 3.93. The van der Waals surface area contributed by atoms with E-state index in [4.69, 9.17) is 15.0 Å². The van der Waals surface area contributed by atoms with Crippen molar-refractivity contribution in [3.8, 4) is 0 Å². The van der Waals surface area contributed by atoms with Gasteiger partial charge in [0.2, 0.25) is 0 Å². The van der Waals surface area contributed by atoms with Crippen LogP contribution in [0.5, 0.6) is 0 Å². The molecule has 0 fully saturated rings. The van der Waals surface area contributed by atoms with Crippen LogP contribution in [0.4, 0.5) is 0 Å². The third-order valence-electron chi connectivity index (χ3n) is 6.28. The molecule has 0 aliphatic heterocycles. The second-order valence-corrected chi connectivity index (χ2v) is 8.28. The van der Waals surface area contributed by atoms with Gasteiger partial charge in [-0.25, -0.2) is 15.0 Å². The van der Waals surface area contributed by atoms with Gasteiger partial charge < -0.3 is 4.57 Å². The number of hydrogen-bond acceptors (Lipinski definition) is 4. The van der Waals surface area contributed by atoms with Crippen LogP contribution in [0.15, 0.2) is 59.4 Å². The highest BCUT2D eigenvalue weighted by Crippen LogP contribution is 2.27. The van der Waals surface area contributed by atoms with Crippen molar-refractivity contribution in [2.24, 2.45) is 0 Å². The fourth-order valence-corrected chi connectivity index (χ4v) is 4.40. The first-order chi connectivity index (χ1) is 15.6. The van der Waals surface area contributed by atoms with Crippen molar-refractivity contribution in [2.45, 2.75) is 52.6 Å². The van der Waals surface area contributed by atoms with Crippen LogP contribution in [-0.4, -0.2) is 24.1 Å². The normalized spacial score (nSPS) is 12.7. The van der Waals surface area contributed by atoms with E-state index in [9.17, 15) is 4.79 Å². The van der Waals surface area contributed by atoms with E-state index >= 15 is 0 Å². The maximum absolute atomic E-state index is 13.8. The Labute approximate surface area is 186 Å². The highest BCUT2D eigenvalue weighted by Gasteiger charge is 2.23. The Kier molecular flexibility index (Phi) is 5.21. The van der Waals surface area contributed by atoms with Crippen LogP contribution in [0, 0.1) is 0 Å². The molecular weight excluding hydrogens is 398 g/mol. The molecule has 6 nitrogen and oxygen atoms in total. The number of benzene rings is 2. The second-order valence-electron chi connectivity index (χ2n) is 8.28. The van der Waals surface area contributed by atoms with Crippen LogP contribution >= 0.6 is 0 Å². The van der Waals surface area contributed by atoms with Crippen LogP contribution in [-0.2, 0) is 19.4 Å². The summed E-state index contributed by atoms with van der Waals surface area (Å²) in [6.45, 7) is 6.90. The van der Waals surface area contributed by atoms with Gasteiger partial charge in [0.25, 0.3) is 5.56 Å². The zero-order chi connectivity index (χ0) is 22.2. The molecule has 0 saturated heterocycles. The van der Waals surface area contributed by atoms with Gasteiger partial charge in [0.15, 0.2) is 11.3 Å². The minimum atomic E-state index is -0.0192. The summed E-state index contributed by atoms with van der Waals surface area (Å²) in [5, 5.41) is 0.573. The van der Waals surface area contributed by atoms with E-state index in [2.05, 4.69) is 30.5 Å². The molecule has 32 heavy (non-hydrogen) atoms. The van der Waals surface area contributed by atoms with E-state index in [1.54, 1.807) is 0 Å². The third-order valence-corrected chi connectivity index (χ3v) is 6.28. The zero-order valence-corrected chi connectivity index (χ0v) is 18.7. The van der Waals surface area contributed by atoms with Crippen molar-refractivity contribution < 1.29 is 0 Å². The number of fused-ring (bicyclic) bond motifs is 4. The maximum atomic E-state index is 13.8. The molecule has 1 atom stereocenters. The molecular formula is C26H27N5O. The third kappa shape index (κ3) is 3.27. The van der Waals surface area contributed by atoms with Crippen molar-refractivity contribution in [2.75, 3.05) is 0 Å². The lowest BCUT2D eigenvalue weighted by molar-refractivity contribution is 0.488. The Morgan fingerprint density at radius 2 is 1.56 bits per heavy atom. The second kappa shape index (κ2) is 8.19. The first-order valence-electron chi connectivity index (χ1n) is 11.4. The summed E-state index contributed by atoms with van der Waals surface area (Å²) in [5.74, 6) is 0.810. The van der Waals surface area contributed by atoms with Gasteiger partial charge in [0.1, 0.15) is 16.7 Å². The quantitative estimate of drug-likeness (QED) is 0.381. The smallest absolute Gasteiger partial charge is 0.265 e. The predicted molar refractivity (Wildman–Crippen MR) is 129 cm³/mol. The molecule has 0 N–H and O–H groups in total. The molecule has 0 saturated carbocycles. The molecule has 162 valence electrons. The van der Waals surface area contributed by atoms with Gasteiger partial charge in [-0.15, -0.1) is 0 Å². The van der Waals surface area contributed by atoms with E-state index in [1.807, 2.05) is 54.0 Å². The van der Waals surface area contributed by atoms with Gasteiger partial charge in [-0.2, -0.15) is 0 Å². The number of rotatable bonds is 6. The molecule has 0 radical (unpaired) electrons. The molecule has 3 aromatic heterocycles. The lowest BCUT2D eigenvalue weighted by Crippen LogP contribution is -2.28. The number of nitrogens with zero attached hydrogens (tertiary/aromatic N) is 5. The van der Waals surface area contributed by atoms with E-state index in [-0.39, 0.29) is 11.6 Å². The Bertz CT molecular complexity index is 1480. The molecule has 0 spiro atoms. The minimum Gasteiger partial charge on any atom is -0.308 e. The number of hydrogen-bond donors (Lipinski definition) is 0. The summed E-state index contributed by atoms with van der Waals surface area (Å²) in [6, 6.07) is 18.2. The molecule has 0 aliphatic rings. The molecule has 0 aliphatic carbocycles. The lowest BCUT2D eigenvalue weighted by atomic mass is 10.1. The SMILES string of the molecule is CCc1nc2c(c(=O)n1[C@H](C)CC)c1nc3ccccc3nc1n2CCc1ccccc1. The van der Waals surface area contributed by atoms with Gasteiger partial charge in [-0.05, 0) is 37.5 Å². The summed E-state index contributed by atoms with van der Waals surface area (Å²) in [6.07, 6.45) is 2.38. The zero-order valence-electron chi connectivity index (χ0n) is 18.7. The fraction of sp³-hybridized carbons (Fsp3) is 0.308. The van der Waals surface area contributed by atoms with Gasteiger partial charge in [-0.3, -0.25) is 9.36 Å². The number of aryl methyl sites for hydroxylation is 3. The Balaban J connectivity index is 1.83. The summed E-state index contributed by atoms with van der Waals surface area (Å²) in [7, 11) is 0. The van der Waals surface area contributed by atoms with Crippen molar-refractivity contribution in [1.82, 2.24) is 24.1 Å². The molecule has 0 unspecified atom stereocenters. The van der Waals surface area contributed by atoms with Crippen LogP contribution < -0.4 is 5.56 Å². The number of para-hydroxylation sites is 2. The number of aromatic nitrogens is 5. The summed E-state index contributed by atoms with van der Waals surface area (Å²) in [5.41, 5.74) is 4.88. The first kappa shape index (κ1) is 20.4.